The average Bonchev–Trinajstić information content (AvgIpc) is 2.39. The Morgan fingerprint density at radius 1 is 0.875 bits per heavy atom. The fraction of sp³-hybridized carbons (Fsp3) is 0.250. The smallest absolute Gasteiger partial charge is 0.00637 e. The van der Waals surface area contributed by atoms with E-state index in [0.29, 0.717) is 5.92 Å². The second kappa shape index (κ2) is 4.98. The second-order valence-corrected chi connectivity index (χ2v) is 4.18. The predicted molar refractivity (Wildman–Crippen MR) is 69.8 cm³/mol. The van der Waals surface area contributed by atoms with Crippen LogP contribution >= 0.6 is 0 Å². The number of benzene rings is 2. The van der Waals surface area contributed by atoms with Gasteiger partial charge < -0.3 is 0 Å². The summed E-state index contributed by atoms with van der Waals surface area (Å²) in [7, 11) is 0. The summed E-state index contributed by atoms with van der Waals surface area (Å²) in [5.74, 6) is 0.484. The van der Waals surface area contributed by atoms with Crippen LogP contribution in [0.2, 0.25) is 0 Å². The molecule has 0 unspecified atom stereocenters. The van der Waals surface area contributed by atoms with Gasteiger partial charge in [0.1, 0.15) is 0 Å². The van der Waals surface area contributed by atoms with Gasteiger partial charge in [-0.1, -0.05) is 68.4 Å². The van der Waals surface area contributed by atoms with Crippen LogP contribution in [0.15, 0.2) is 54.6 Å². The first-order valence-electron chi connectivity index (χ1n) is 5.95. The molecule has 0 saturated carbocycles. The Morgan fingerprint density at radius 2 is 1.50 bits per heavy atom. The van der Waals surface area contributed by atoms with Gasteiger partial charge in [0, 0.05) is 5.92 Å². The van der Waals surface area contributed by atoms with Crippen LogP contribution in [-0.4, -0.2) is 0 Å². The van der Waals surface area contributed by atoms with Crippen LogP contribution < -0.4 is 0 Å². The zero-order valence-electron chi connectivity index (χ0n) is 9.98. The monoisotopic (exact) mass is 210 g/mol. The second-order valence-electron chi connectivity index (χ2n) is 4.18. The third-order valence-electron chi connectivity index (χ3n) is 3.20. The van der Waals surface area contributed by atoms with E-state index in [0.717, 1.165) is 6.42 Å². The largest absolute Gasteiger partial charge is 0.0622 e. The fourth-order valence-corrected chi connectivity index (χ4v) is 2.20. The molecule has 0 nitrogen and oxygen atoms in total. The maximum absolute atomic E-state index is 2.28. The first kappa shape index (κ1) is 10.9. The van der Waals surface area contributed by atoms with Crippen molar-refractivity contribution in [1.82, 2.24) is 0 Å². The Bertz CT molecular complexity index is 443. The van der Waals surface area contributed by atoms with Crippen molar-refractivity contribution in [2.45, 2.75) is 26.2 Å². The Labute approximate surface area is 97.9 Å². The molecule has 0 spiro atoms. The van der Waals surface area contributed by atoms with Crippen LogP contribution in [-0.2, 0) is 6.42 Å². The van der Waals surface area contributed by atoms with Crippen LogP contribution in [0.25, 0.3) is 0 Å². The van der Waals surface area contributed by atoms with Gasteiger partial charge in [0.25, 0.3) is 0 Å². The summed E-state index contributed by atoms with van der Waals surface area (Å²) in [5, 5.41) is 0. The lowest BCUT2D eigenvalue weighted by atomic mass is 9.89. The highest BCUT2D eigenvalue weighted by atomic mass is 14.1. The van der Waals surface area contributed by atoms with Gasteiger partial charge in [0.15, 0.2) is 0 Å². The molecular weight excluding hydrogens is 192 g/mol. The summed E-state index contributed by atoms with van der Waals surface area (Å²) in [6.07, 6.45) is 1.10. The van der Waals surface area contributed by atoms with Gasteiger partial charge in [-0.3, -0.25) is 0 Å². The summed E-state index contributed by atoms with van der Waals surface area (Å²) in [6, 6.07) is 19.4. The standard InChI is InChI=1S/C16H18/c1-3-14-9-7-8-12-16(14)13(2)15-10-5-4-6-11-15/h4-13H,3H2,1-2H3/t13-/m0/s1. The third kappa shape index (κ3) is 2.16. The van der Waals surface area contributed by atoms with Gasteiger partial charge in [-0.2, -0.15) is 0 Å². The molecule has 0 amide bonds. The molecule has 0 fully saturated rings. The molecule has 2 rings (SSSR count). The molecule has 0 saturated heterocycles. The van der Waals surface area contributed by atoms with E-state index >= 15 is 0 Å². The van der Waals surface area contributed by atoms with Crippen LogP contribution in [0.4, 0.5) is 0 Å². The molecule has 2 aromatic rings. The van der Waals surface area contributed by atoms with E-state index in [1.165, 1.54) is 16.7 Å². The minimum Gasteiger partial charge on any atom is -0.0622 e. The van der Waals surface area contributed by atoms with Crippen LogP contribution in [0.1, 0.15) is 36.5 Å². The topological polar surface area (TPSA) is 0 Å². The van der Waals surface area contributed by atoms with E-state index in [2.05, 4.69) is 68.4 Å². The van der Waals surface area contributed by atoms with E-state index in [4.69, 9.17) is 0 Å². The quantitative estimate of drug-likeness (QED) is 0.704. The van der Waals surface area contributed by atoms with Gasteiger partial charge in [0.05, 0.1) is 0 Å². The Hall–Kier alpha value is -1.56. The zero-order chi connectivity index (χ0) is 11.4. The summed E-state index contributed by atoms with van der Waals surface area (Å²) in [5.41, 5.74) is 4.30. The highest BCUT2D eigenvalue weighted by molar-refractivity contribution is 5.37. The number of rotatable bonds is 3. The molecule has 0 aliphatic heterocycles. The van der Waals surface area contributed by atoms with Gasteiger partial charge >= 0.3 is 0 Å². The summed E-state index contributed by atoms with van der Waals surface area (Å²) < 4.78 is 0. The molecule has 2 aromatic carbocycles. The summed E-state index contributed by atoms with van der Waals surface area (Å²) >= 11 is 0. The lowest BCUT2D eigenvalue weighted by Crippen LogP contribution is -1.99. The maximum atomic E-state index is 2.28. The predicted octanol–water partition coefficient (Wildman–Crippen LogP) is 4.40. The molecular formula is C16H18. The summed E-state index contributed by atoms with van der Waals surface area (Å²) in [4.78, 5) is 0. The van der Waals surface area contributed by atoms with E-state index < -0.39 is 0 Å². The molecule has 0 heteroatoms. The Balaban J connectivity index is 2.37. The van der Waals surface area contributed by atoms with Crippen molar-refractivity contribution in [2.75, 3.05) is 0 Å². The molecule has 0 N–H and O–H groups in total. The van der Waals surface area contributed by atoms with Crippen molar-refractivity contribution in [2.24, 2.45) is 0 Å². The molecule has 16 heavy (non-hydrogen) atoms. The van der Waals surface area contributed by atoms with Gasteiger partial charge in [-0.05, 0) is 23.1 Å². The Kier molecular flexibility index (Phi) is 3.40. The lowest BCUT2D eigenvalue weighted by Gasteiger charge is -2.16. The van der Waals surface area contributed by atoms with E-state index in [1.807, 2.05) is 0 Å². The van der Waals surface area contributed by atoms with Crippen LogP contribution in [0, 0.1) is 0 Å². The van der Waals surface area contributed by atoms with Crippen molar-refractivity contribution >= 4 is 0 Å². The molecule has 82 valence electrons. The molecule has 0 heterocycles. The fourth-order valence-electron chi connectivity index (χ4n) is 2.20. The number of hydrogen-bond donors (Lipinski definition) is 0. The molecule has 1 atom stereocenters. The number of aryl methyl sites for hydroxylation is 1. The summed E-state index contributed by atoms with van der Waals surface area (Å²) in [6.45, 7) is 4.50. The highest BCUT2D eigenvalue weighted by Crippen LogP contribution is 2.26. The van der Waals surface area contributed by atoms with Gasteiger partial charge in [-0.15, -0.1) is 0 Å². The number of hydrogen-bond acceptors (Lipinski definition) is 0. The zero-order valence-corrected chi connectivity index (χ0v) is 9.98. The first-order valence-corrected chi connectivity index (χ1v) is 5.95. The van der Waals surface area contributed by atoms with Crippen LogP contribution in [0.3, 0.4) is 0 Å². The maximum Gasteiger partial charge on any atom is 0.00637 e. The minimum absolute atomic E-state index is 0.484. The lowest BCUT2D eigenvalue weighted by molar-refractivity contribution is 0.893. The minimum atomic E-state index is 0.484. The molecule has 0 aliphatic rings. The SMILES string of the molecule is CCc1ccccc1[C@@H](C)c1ccccc1. The van der Waals surface area contributed by atoms with Crippen molar-refractivity contribution in [1.29, 1.82) is 0 Å². The van der Waals surface area contributed by atoms with Crippen molar-refractivity contribution in [3.05, 3.63) is 71.3 Å². The van der Waals surface area contributed by atoms with E-state index in [1.54, 1.807) is 0 Å². The van der Waals surface area contributed by atoms with E-state index in [9.17, 15) is 0 Å². The van der Waals surface area contributed by atoms with Crippen LogP contribution in [0.5, 0.6) is 0 Å². The van der Waals surface area contributed by atoms with Crippen molar-refractivity contribution in [3.8, 4) is 0 Å². The molecule has 0 aromatic heterocycles. The first-order chi connectivity index (χ1) is 7.83. The molecule has 0 aliphatic carbocycles. The normalized spacial score (nSPS) is 12.4. The van der Waals surface area contributed by atoms with Crippen molar-refractivity contribution in [3.63, 3.8) is 0 Å². The van der Waals surface area contributed by atoms with Crippen molar-refractivity contribution < 1.29 is 0 Å². The van der Waals surface area contributed by atoms with Gasteiger partial charge in [0.2, 0.25) is 0 Å². The van der Waals surface area contributed by atoms with E-state index in [-0.39, 0.29) is 0 Å². The third-order valence-corrected chi connectivity index (χ3v) is 3.20. The molecule has 0 bridgehead atoms. The average molecular weight is 210 g/mol. The highest BCUT2D eigenvalue weighted by Gasteiger charge is 2.10. The van der Waals surface area contributed by atoms with Gasteiger partial charge in [-0.25, -0.2) is 0 Å². The Morgan fingerprint density at radius 3 is 2.19 bits per heavy atom. The molecule has 0 radical (unpaired) electrons.